The van der Waals surface area contributed by atoms with Gasteiger partial charge in [0.1, 0.15) is 0 Å². The summed E-state index contributed by atoms with van der Waals surface area (Å²) in [6.07, 6.45) is 2.27. The number of carbonyl (C=O) groups is 1. The summed E-state index contributed by atoms with van der Waals surface area (Å²) >= 11 is 0. The zero-order valence-corrected chi connectivity index (χ0v) is 20.2. The van der Waals surface area contributed by atoms with Crippen LogP contribution in [0.2, 0.25) is 0 Å². The molecule has 0 aromatic heterocycles. The molecule has 0 aliphatic carbocycles. The maximum Gasteiger partial charge on any atom is 0.237 e. The highest BCUT2D eigenvalue weighted by Gasteiger charge is 2.25. The van der Waals surface area contributed by atoms with Crippen LogP contribution >= 0.6 is 0 Å². The quantitative estimate of drug-likeness (QED) is 0.501. The molecule has 0 saturated heterocycles. The summed E-state index contributed by atoms with van der Waals surface area (Å²) in [6.45, 7) is 9.23. The molecule has 4 rings (SSSR count). The molecule has 0 spiro atoms. The molecule has 4 heteroatoms. The monoisotopic (exact) mass is 441 g/mol. The summed E-state index contributed by atoms with van der Waals surface area (Å²) in [5.41, 5.74) is 17.2. The first-order valence-electron chi connectivity index (χ1n) is 11.8. The smallest absolute Gasteiger partial charge is 0.237 e. The number of carbonyl (C=O) groups excluding carboxylic acids is 1. The van der Waals surface area contributed by atoms with Crippen LogP contribution in [-0.4, -0.2) is 18.5 Å². The summed E-state index contributed by atoms with van der Waals surface area (Å²) in [7, 11) is 0. The predicted octanol–water partition coefficient (Wildman–Crippen LogP) is 5.05. The maximum atomic E-state index is 13.1. The van der Waals surface area contributed by atoms with Crippen molar-refractivity contribution in [3.8, 4) is 0 Å². The van der Waals surface area contributed by atoms with Gasteiger partial charge in [-0.15, -0.1) is 0 Å². The molecule has 1 aliphatic rings. The third-order valence-corrected chi connectivity index (χ3v) is 6.69. The Morgan fingerprint density at radius 2 is 1.64 bits per heavy atom. The minimum Gasteiger partial charge on any atom is -0.385 e. The van der Waals surface area contributed by atoms with Crippen LogP contribution < -0.4 is 16.4 Å². The van der Waals surface area contributed by atoms with Gasteiger partial charge >= 0.3 is 0 Å². The SMILES string of the molecule is Cc1ccc(Cc2ccc3c(c2)[C@@H](NC(=O)[C@@H](N)Cc2c(C)cc(C)cc2C)CCN3)cc1. The zero-order chi connectivity index (χ0) is 23.5. The minimum atomic E-state index is -0.570. The molecule has 1 heterocycles. The Morgan fingerprint density at radius 1 is 0.970 bits per heavy atom. The minimum absolute atomic E-state index is 0.0296. The average molecular weight is 442 g/mol. The van der Waals surface area contributed by atoms with Gasteiger partial charge in [-0.05, 0) is 86.4 Å². The van der Waals surface area contributed by atoms with Crippen molar-refractivity contribution in [1.29, 1.82) is 0 Å². The molecule has 3 aromatic carbocycles. The fourth-order valence-corrected chi connectivity index (χ4v) is 4.89. The van der Waals surface area contributed by atoms with Crippen LogP contribution in [0, 0.1) is 27.7 Å². The van der Waals surface area contributed by atoms with Crippen molar-refractivity contribution in [3.05, 3.63) is 99.1 Å². The van der Waals surface area contributed by atoms with Crippen LogP contribution in [0.1, 0.15) is 57.0 Å². The van der Waals surface area contributed by atoms with E-state index in [4.69, 9.17) is 5.73 Å². The number of benzene rings is 3. The van der Waals surface area contributed by atoms with Gasteiger partial charge < -0.3 is 16.4 Å². The second kappa shape index (κ2) is 9.80. The lowest BCUT2D eigenvalue weighted by Gasteiger charge is -2.29. The standard InChI is InChI=1S/C29H35N3O/c1-18-5-7-22(8-6-18)15-23-9-10-27-25(16-23)28(11-12-31-27)32-29(33)26(30)17-24-20(3)13-19(2)14-21(24)4/h5-10,13-14,16,26,28,31H,11-12,15,17,30H2,1-4H3,(H,32,33)/t26-,28-/m0/s1. The van der Waals surface area contributed by atoms with Crippen molar-refractivity contribution < 1.29 is 4.79 Å². The van der Waals surface area contributed by atoms with E-state index in [2.05, 4.69) is 92.9 Å². The number of rotatable bonds is 6. The summed E-state index contributed by atoms with van der Waals surface area (Å²) < 4.78 is 0. The first kappa shape index (κ1) is 23.1. The first-order chi connectivity index (χ1) is 15.8. The first-order valence-corrected chi connectivity index (χ1v) is 11.8. The van der Waals surface area contributed by atoms with Crippen molar-refractivity contribution in [3.63, 3.8) is 0 Å². The number of anilines is 1. The van der Waals surface area contributed by atoms with Crippen LogP contribution in [0.3, 0.4) is 0 Å². The highest BCUT2D eigenvalue weighted by molar-refractivity contribution is 5.82. The van der Waals surface area contributed by atoms with Gasteiger partial charge in [0.15, 0.2) is 0 Å². The van der Waals surface area contributed by atoms with E-state index in [1.54, 1.807) is 0 Å². The molecule has 1 amide bonds. The number of nitrogens with one attached hydrogen (secondary N) is 2. The molecule has 0 saturated carbocycles. The third kappa shape index (κ3) is 5.45. The van der Waals surface area contributed by atoms with E-state index >= 15 is 0 Å². The fourth-order valence-electron chi connectivity index (χ4n) is 4.89. The van der Waals surface area contributed by atoms with Crippen LogP contribution in [0.25, 0.3) is 0 Å². The predicted molar refractivity (Wildman–Crippen MR) is 137 cm³/mol. The van der Waals surface area contributed by atoms with E-state index in [1.807, 2.05) is 0 Å². The van der Waals surface area contributed by atoms with Crippen LogP contribution in [-0.2, 0) is 17.6 Å². The molecule has 172 valence electrons. The lowest BCUT2D eigenvalue weighted by Crippen LogP contribution is -2.44. The molecule has 33 heavy (non-hydrogen) atoms. The van der Waals surface area contributed by atoms with E-state index in [1.165, 1.54) is 38.9 Å². The van der Waals surface area contributed by atoms with Gasteiger partial charge in [0.2, 0.25) is 5.91 Å². The van der Waals surface area contributed by atoms with Crippen molar-refractivity contribution in [2.24, 2.45) is 5.73 Å². The van der Waals surface area contributed by atoms with Gasteiger partial charge in [0, 0.05) is 12.2 Å². The molecule has 4 nitrogen and oxygen atoms in total. The summed E-state index contributed by atoms with van der Waals surface area (Å²) in [5, 5.41) is 6.71. The van der Waals surface area contributed by atoms with Crippen LogP contribution in [0.5, 0.6) is 0 Å². The molecule has 0 radical (unpaired) electrons. The van der Waals surface area contributed by atoms with E-state index < -0.39 is 6.04 Å². The molecular weight excluding hydrogens is 406 g/mol. The second-order valence-corrected chi connectivity index (χ2v) is 9.55. The number of fused-ring (bicyclic) bond motifs is 1. The lowest BCUT2D eigenvalue weighted by atomic mass is 9.92. The molecule has 4 N–H and O–H groups in total. The molecule has 0 bridgehead atoms. The largest absolute Gasteiger partial charge is 0.385 e. The molecular formula is C29H35N3O. The number of hydrogen-bond donors (Lipinski definition) is 3. The fraction of sp³-hybridized carbons (Fsp3) is 0.345. The van der Waals surface area contributed by atoms with E-state index in [9.17, 15) is 4.79 Å². The van der Waals surface area contributed by atoms with Crippen LogP contribution in [0.15, 0.2) is 54.6 Å². The average Bonchev–Trinajstić information content (AvgIpc) is 2.78. The van der Waals surface area contributed by atoms with Gasteiger partial charge in [-0.2, -0.15) is 0 Å². The van der Waals surface area contributed by atoms with E-state index in [-0.39, 0.29) is 11.9 Å². The second-order valence-electron chi connectivity index (χ2n) is 9.55. The van der Waals surface area contributed by atoms with Gasteiger partial charge in [-0.3, -0.25) is 4.79 Å². The third-order valence-electron chi connectivity index (χ3n) is 6.69. The Balaban J connectivity index is 1.48. The number of nitrogens with two attached hydrogens (primary N) is 1. The Kier molecular flexibility index (Phi) is 6.85. The lowest BCUT2D eigenvalue weighted by molar-refractivity contribution is -0.123. The Hall–Kier alpha value is -3.11. The highest BCUT2D eigenvalue weighted by Crippen LogP contribution is 2.31. The summed E-state index contributed by atoms with van der Waals surface area (Å²) in [6, 6.07) is 18.9. The van der Waals surface area contributed by atoms with Crippen molar-refractivity contribution in [2.75, 3.05) is 11.9 Å². The van der Waals surface area contributed by atoms with Crippen molar-refractivity contribution in [2.45, 2.75) is 59.0 Å². The molecule has 0 fully saturated rings. The number of amides is 1. The number of hydrogen-bond acceptors (Lipinski definition) is 3. The Bertz CT molecular complexity index is 1130. The van der Waals surface area contributed by atoms with E-state index in [0.29, 0.717) is 6.42 Å². The summed E-state index contributed by atoms with van der Waals surface area (Å²) in [4.78, 5) is 13.1. The Morgan fingerprint density at radius 3 is 2.33 bits per heavy atom. The topological polar surface area (TPSA) is 67.2 Å². The molecule has 2 atom stereocenters. The van der Waals surface area contributed by atoms with Gasteiger partial charge in [-0.1, -0.05) is 59.7 Å². The molecule has 3 aromatic rings. The molecule has 1 aliphatic heterocycles. The van der Waals surface area contributed by atoms with Gasteiger partial charge in [0.05, 0.1) is 12.1 Å². The van der Waals surface area contributed by atoms with Gasteiger partial charge in [0.25, 0.3) is 0 Å². The summed E-state index contributed by atoms with van der Waals surface area (Å²) in [5.74, 6) is -0.0869. The highest BCUT2D eigenvalue weighted by atomic mass is 16.2. The Labute approximate surface area is 197 Å². The van der Waals surface area contributed by atoms with Crippen LogP contribution in [0.4, 0.5) is 5.69 Å². The van der Waals surface area contributed by atoms with Gasteiger partial charge in [-0.25, -0.2) is 0 Å². The van der Waals surface area contributed by atoms with Crippen molar-refractivity contribution in [1.82, 2.24) is 5.32 Å². The van der Waals surface area contributed by atoms with E-state index in [0.717, 1.165) is 30.6 Å². The maximum absolute atomic E-state index is 13.1. The molecule has 0 unspecified atom stereocenters. The number of aryl methyl sites for hydroxylation is 4. The normalized spacial score (nSPS) is 16.0. The zero-order valence-electron chi connectivity index (χ0n) is 20.2. The van der Waals surface area contributed by atoms with Crippen molar-refractivity contribution >= 4 is 11.6 Å².